The predicted octanol–water partition coefficient (Wildman–Crippen LogP) is 3.47. The second-order valence-corrected chi connectivity index (χ2v) is 6.27. The third-order valence-electron chi connectivity index (χ3n) is 3.80. The molecule has 12 nitrogen and oxygen atoms in total. The average Bonchev–Trinajstić information content (AvgIpc) is 3.16. The fourth-order valence-corrected chi connectivity index (χ4v) is 2.62. The number of aromatic hydroxyl groups is 1. The molecule has 0 aliphatic heterocycles. The summed E-state index contributed by atoms with van der Waals surface area (Å²) in [7, 11) is 0. The third kappa shape index (κ3) is 4.07. The molecule has 2 aromatic heterocycles. The van der Waals surface area contributed by atoms with Gasteiger partial charge in [-0.2, -0.15) is 10.1 Å². The standard InChI is InChI=1S/C17H11ClN8O4/c18-10-2-1-3-11(7-10)20-14-15(22-17-16(21-14)24-30-25-17)23-19-8-9-6-12(26(28)29)4-5-13(9)27/h1-8,27H,(H,20,21,24)(H,22,23,25)/b19-8-. The maximum atomic E-state index is 10.9. The highest BCUT2D eigenvalue weighted by molar-refractivity contribution is 6.30. The van der Waals surface area contributed by atoms with Crippen molar-refractivity contribution >= 4 is 52.1 Å². The summed E-state index contributed by atoms with van der Waals surface area (Å²) in [6.07, 6.45) is 1.21. The van der Waals surface area contributed by atoms with Crippen molar-refractivity contribution in [3.8, 4) is 5.75 Å². The van der Waals surface area contributed by atoms with E-state index in [4.69, 9.17) is 11.6 Å². The zero-order valence-electron chi connectivity index (χ0n) is 14.9. The van der Waals surface area contributed by atoms with Gasteiger partial charge in [-0.1, -0.05) is 17.7 Å². The molecule has 13 heteroatoms. The number of nitrogens with one attached hydrogen (secondary N) is 2. The molecule has 0 unspecified atom stereocenters. The molecule has 0 saturated carbocycles. The first-order chi connectivity index (χ1) is 14.5. The van der Waals surface area contributed by atoms with Crippen LogP contribution in [0.4, 0.5) is 23.0 Å². The van der Waals surface area contributed by atoms with Crippen molar-refractivity contribution in [1.82, 2.24) is 20.3 Å². The fraction of sp³-hybridized carbons (Fsp3) is 0. The molecule has 0 bridgehead atoms. The zero-order valence-corrected chi connectivity index (χ0v) is 15.6. The van der Waals surface area contributed by atoms with Crippen LogP contribution in [0.15, 0.2) is 52.2 Å². The Morgan fingerprint density at radius 1 is 1.13 bits per heavy atom. The van der Waals surface area contributed by atoms with Gasteiger partial charge in [0, 0.05) is 28.4 Å². The maximum absolute atomic E-state index is 10.9. The molecular weight excluding hydrogens is 416 g/mol. The van der Waals surface area contributed by atoms with Gasteiger partial charge in [0.05, 0.1) is 11.1 Å². The maximum Gasteiger partial charge on any atom is 0.270 e. The number of nitro benzene ring substituents is 1. The molecule has 4 rings (SSSR count). The van der Waals surface area contributed by atoms with Gasteiger partial charge in [-0.15, -0.1) is 0 Å². The van der Waals surface area contributed by atoms with Crippen LogP contribution in [0.2, 0.25) is 5.02 Å². The van der Waals surface area contributed by atoms with Crippen molar-refractivity contribution in [1.29, 1.82) is 0 Å². The molecule has 0 fully saturated rings. The van der Waals surface area contributed by atoms with Crippen LogP contribution in [0.1, 0.15) is 5.56 Å². The Hall–Kier alpha value is -4.32. The molecule has 0 amide bonds. The highest BCUT2D eigenvalue weighted by atomic mass is 35.5. The van der Waals surface area contributed by atoms with Crippen LogP contribution in [0, 0.1) is 10.1 Å². The van der Waals surface area contributed by atoms with Gasteiger partial charge in [0.15, 0.2) is 11.6 Å². The number of phenolic OH excluding ortho intramolecular Hbond substituents is 1. The van der Waals surface area contributed by atoms with E-state index in [1.807, 2.05) is 0 Å². The van der Waals surface area contributed by atoms with Gasteiger partial charge in [0.1, 0.15) is 5.75 Å². The Bertz CT molecular complexity index is 1280. The van der Waals surface area contributed by atoms with Gasteiger partial charge in [0.2, 0.25) is 11.3 Å². The molecule has 3 N–H and O–H groups in total. The minimum Gasteiger partial charge on any atom is -0.507 e. The Kier molecular flexibility index (Phi) is 5.05. The number of aromatic nitrogens is 4. The topological polar surface area (TPSA) is 164 Å². The molecule has 2 aromatic carbocycles. The molecule has 0 aliphatic rings. The van der Waals surface area contributed by atoms with E-state index in [0.29, 0.717) is 10.7 Å². The Balaban J connectivity index is 1.64. The van der Waals surface area contributed by atoms with Gasteiger partial charge in [-0.3, -0.25) is 15.5 Å². The lowest BCUT2D eigenvalue weighted by molar-refractivity contribution is -0.384. The molecule has 0 spiro atoms. The smallest absolute Gasteiger partial charge is 0.270 e. The van der Waals surface area contributed by atoms with Crippen LogP contribution in [-0.2, 0) is 0 Å². The van der Waals surface area contributed by atoms with Crippen molar-refractivity contribution in [2.75, 3.05) is 10.7 Å². The van der Waals surface area contributed by atoms with Gasteiger partial charge < -0.3 is 10.4 Å². The number of rotatable bonds is 6. The summed E-state index contributed by atoms with van der Waals surface area (Å²) in [6, 6.07) is 10.5. The Labute approximate surface area is 172 Å². The van der Waals surface area contributed by atoms with Crippen molar-refractivity contribution in [2.24, 2.45) is 5.10 Å². The van der Waals surface area contributed by atoms with E-state index < -0.39 is 4.92 Å². The highest BCUT2D eigenvalue weighted by Gasteiger charge is 2.13. The average molecular weight is 427 g/mol. The number of hydrogen-bond acceptors (Lipinski definition) is 11. The molecule has 0 saturated heterocycles. The number of fused-ring (bicyclic) bond motifs is 1. The molecule has 150 valence electrons. The largest absolute Gasteiger partial charge is 0.507 e. The van der Waals surface area contributed by atoms with Crippen LogP contribution >= 0.6 is 11.6 Å². The van der Waals surface area contributed by atoms with Crippen molar-refractivity contribution < 1.29 is 14.7 Å². The number of non-ortho nitro benzene ring substituents is 1. The molecule has 0 aliphatic carbocycles. The second-order valence-electron chi connectivity index (χ2n) is 5.84. The fourth-order valence-electron chi connectivity index (χ4n) is 2.43. The van der Waals surface area contributed by atoms with Crippen LogP contribution < -0.4 is 10.7 Å². The van der Waals surface area contributed by atoms with Crippen LogP contribution in [0.3, 0.4) is 0 Å². The number of halogens is 1. The lowest BCUT2D eigenvalue weighted by Gasteiger charge is -2.09. The molecule has 2 heterocycles. The first-order valence-corrected chi connectivity index (χ1v) is 8.67. The minimum absolute atomic E-state index is 0.137. The van der Waals surface area contributed by atoms with Crippen molar-refractivity contribution in [3.05, 3.63) is 63.2 Å². The van der Waals surface area contributed by atoms with Gasteiger partial charge in [0.25, 0.3) is 5.69 Å². The van der Waals surface area contributed by atoms with E-state index >= 15 is 0 Å². The predicted molar refractivity (Wildman–Crippen MR) is 108 cm³/mol. The number of phenols is 1. The SMILES string of the molecule is O=[N+]([O-])c1ccc(O)c(/C=N\Nc2nc3nonc3nc2Nc2cccc(Cl)c2)c1. The lowest BCUT2D eigenvalue weighted by Crippen LogP contribution is -2.03. The van der Waals surface area contributed by atoms with Crippen molar-refractivity contribution in [3.63, 3.8) is 0 Å². The summed E-state index contributed by atoms with van der Waals surface area (Å²) in [5, 5.41) is 35.6. The van der Waals surface area contributed by atoms with Crippen molar-refractivity contribution in [2.45, 2.75) is 0 Å². The summed E-state index contributed by atoms with van der Waals surface area (Å²) in [4.78, 5) is 18.8. The Morgan fingerprint density at radius 3 is 2.63 bits per heavy atom. The van der Waals surface area contributed by atoms with E-state index in [0.717, 1.165) is 0 Å². The minimum atomic E-state index is -0.575. The highest BCUT2D eigenvalue weighted by Crippen LogP contribution is 2.26. The number of anilines is 3. The molecule has 30 heavy (non-hydrogen) atoms. The molecule has 0 radical (unpaired) electrons. The third-order valence-corrected chi connectivity index (χ3v) is 4.03. The van der Waals surface area contributed by atoms with E-state index in [-0.39, 0.29) is 39.9 Å². The van der Waals surface area contributed by atoms with Gasteiger partial charge in [-0.25, -0.2) is 9.61 Å². The van der Waals surface area contributed by atoms with Crippen LogP contribution in [-0.4, -0.2) is 36.5 Å². The normalized spacial score (nSPS) is 11.1. The first-order valence-electron chi connectivity index (χ1n) is 8.29. The van der Waals surface area contributed by atoms with Crippen LogP contribution in [0.25, 0.3) is 11.3 Å². The second kappa shape index (κ2) is 7.97. The van der Waals surface area contributed by atoms with E-state index in [2.05, 4.69) is 40.8 Å². The summed E-state index contributed by atoms with van der Waals surface area (Å²) in [5.41, 5.74) is 3.56. The number of hydrazone groups is 1. The van der Waals surface area contributed by atoms with Gasteiger partial charge in [-0.05, 0) is 34.6 Å². The summed E-state index contributed by atoms with van der Waals surface area (Å²) in [6.45, 7) is 0. The monoisotopic (exact) mass is 426 g/mol. The lowest BCUT2D eigenvalue weighted by atomic mass is 10.2. The Morgan fingerprint density at radius 2 is 1.90 bits per heavy atom. The van der Waals surface area contributed by atoms with E-state index in [9.17, 15) is 15.2 Å². The summed E-state index contributed by atoms with van der Waals surface area (Å²) in [5.74, 6) is 0.242. The molecular formula is C17H11ClN8O4. The number of hydrogen-bond donors (Lipinski definition) is 3. The quantitative estimate of drug-likeness (QED) is 0.236. The molecule has 4 aromatic rings. The number of nitro groups is 1. The van der Waals surface area contributed by atoms with E-state index in [1.165, 1.54) is 24.4 Å². The van der Waals surface area contributed by atoms with E-state index in [1.54, 1.807) is 24.3 Å². The number of nitrogens with zero attached hydrogens (tertiary/aromatic N) is 6. The van der Waals surface area contributed by atoms with Crippen LogP contribution in [0.5, 0.6) is 5.75 Å². The first kappa shape index (κ1) is 19.0. The summed E-state index contributed by atoms with van der Waals surface area (Å²) < 4.78 is 4.63. The molecule has 0 atom stereocenters. The number of benzene rings is 2. The van der Waals surface area contributed by atoms with Gasteiger partial charge >= 0.3 is 0 Å². The zero-order chi connectivity index (χ0) is 21.1. The summed E-state index contributed by atoms with van der Waals surface area (Å²) >= 11 is 6.01.